The van der Waals surface area contributed by atoms with Gasteiger partial charge in [-0.15, -0.1) is 0 Å². The zero-order valence-corrected chi connectivity index (χ0v) is 43.7. The largest absolute Gasteiger partial charge is 0.493 e. The molecule has 2 saturated heterocycles. The normalized spacial score (nSPS) is 15.0. The molecule has 2 fully saturated rings. The minimum atomic E-state index is -0.703. The summed E-state index contributed by atoms with van der Waals surface area (Å²) in [6.07, 6.45) is 5.99. The average Bonchev–Trinajstić information content (AvgIpc) is 4.09. The summed E-state index contributed by atoms with van der Waals surface area (Å²) in [7, 11) is 3.70. The molecule has 77 heavy (non-hydrogen) atoms. The number of amides is 2. The van der Waals surface area contributed by atoms with Gasteiger partial charge in [-0.1, -0.05) is 13.8 Å². The minimum absolute atomic E-state index is 0.00520. The topological polar surface area (TPSA) is 237 Å². The molecule has 0 bridgehead atoms. The molecule has 8 heterocycles. The van der Waals surface area contributed by atoms with E-state index in [1.807, 2.05) is 84.3 Å². The number of nitrogens with zero attached hydrogens (tertiary/aromatic N) is 10. The second-order valence-corrected chi connectivity index (χ2v) is 19.9. The molecule has 0 spiro atoms. The molecule has 21 heteroatoms. The Morgan fingerprint density at radius 3 is 1.66 bits per heavy atom. The van der Waals surface area contributed by atoms with Crippen LogP contribution in [0.2, 0.25) is 0 Å². The number of fused-ring (bicyclic) bond motifs is 2. The maximum Gasteiger partial charge on any atom is 0.270 e. The molecule has 1 unspecified atom stereocenters. The molecular formula is C56H64N14O7. The number of nitrogens with one attached hydrogen (secondary N) is 4. The fraction of sp³-hybridized carbons (Fsp3) is 0.357. The number of hydrogen-bond acceptors (Lipinski definition) is 17. The number of aliphatic hydroxyl groups excluding tert-OH is 1. The lowest BCUT2D eigenvalue weighted by Crippen LogP contribution is -2.52. The summed E-state index contributed by atoms with van der Waals surface area (Å²) in [5.41, 5.74) is 6.19. The van der Waals surface area contributed by atoms with Crippen LogP contribution in [-0.4, -0.2) is 189 Å². The number of benzene rings is 2. The number of pyridine rings is 2. The van der Waals surface area contributed by atoms with E-state index in [-0.39, 0.29) is 18.4 Å². The summed E-state index contributed by atoms with van der Waals surface area (Å²) in [5, 5.41) is 19.9. The van der Waals surface area contributed by atoms with E-state index in [1.54, 1.807) is 56.2 Å². The monoisotopic (exact) mass is 1040 g/mol. The third-order valence-corrected chi connectivity index (χ3v) is 13.8. The number of piperazine rings is 2. The number of hydrogen-bond donors (Lipinski definition) is 5. The molecule has 0 saturated carbocycles. The smallest absolute Gasteiger partial charge is 0.270 e. The minimum Gasteiger partial charge on any atom is -0.493 e. The highest BCUT2D eigenvalue weighted by Gasteiger charge is 2.33. The van der Waals surface area contributed by atoms with Gasteiger partial charge in [-0.3, -0.25) is 24.5 Å². The van der Waals surface area contributed by atoms with Crippen LogP contribution in [0.3, 0.4) is 0 Å². The van der Waals surface area contributed by atoms with E-state index >= 15 is 0 Å². The van der Waals surface area contributed by atoms with E-state index in [4.69, 9.17) is 28.9 Å². The first-order valence-corrected chi connectivity index (χ1v) is 25.8. The summed E-state index contributed by atoms with van der Waals surface area (Å²) in [6, 6.07) is 26.2. The molecular weight excluding hydrogens is 981 g/mol. The third kappa shape index (κ3) is 13.1. The second kappa shape index (κ2) is 23.9. The Morgan fingerprint density at radius 2 is 1.12 bits per heavy atom. The lowest BCUT2D eigenvalue weighted by molar-refractivity contribution is -0.0152. The number of carbonyl (C=O) groups is 2. The van der Waals surface area contributed by atoms with Crippen LogP contribution in [0.5, 0.6) is 11.5 Å². The molecule has 2 amide bonds. The summed E-state index contributed by atoms with van der Waals surface area (Å²) >= 11 is 0. The van der Waals surface area contributed by atoms with Crippen molar-refractivity contribution in [1.82, 2.24) is 59.5 Å². The van der Waals surface area contributed by atoms with Crippen LogP contribution in [0.15, 0.2) is 110 Å². The standard InChI is InChI=1S/C56H64N14O7/c1-56(2,36-77-42-10-14-58-48(34-42)46-12-16-60-55(66-46)62-39-5-7-43-37(29-39)31-49(63-43)52(72)69-21-17-67(3)18-22-69)51(71)35-68-19-23-70(24-20-68)53(73)50-32-38-30-40(6-8-44(38)64-50)61-54-59-15-11-45(65-54)47-33-41(9-13-57-47)76-28-27-75-26-25-74-4/h5-16,29-34,51,63-64,71H,17-28,35-36H2,1-4H3,(H,59,61,65)(H,60,62,66). The Labute approximate surface area is 446 Å². The number of aromatic nitrogens is 8. The Bertz CT molecular complexity index is 3310. The fourth-order valence-electron chi connectivity index (χ4n) is 9.12. The second-order valence-electron chi connectivity index (χ2n) is 19.9. The van der Waals surface area contributed by atoms with Gasteiger partial charge in [0.05, 0.1) is 55.3 Å². The molecule has 1 atom stereocenters. The molecule has 6 aromatic heterocycles. The molecule has 2 aliphatic rings. The summed E-state index contributed by atoms with van der Waals surface area (Å²) in [4.78, 5) is 69.1. The number of anilines is 4. The van der Waals surface area contributed by atoms with Crippen molar-refractivity contribution in [2.75, 3.05) is 117 Å². The zero-order chi connectivity index (χ0) is 53.3. The van der Waals surface area contributed by atoms with E-state index in [0.717, 1.165) is 46.3 Å². The van der Waals surface area contributed by atoms with Gasteiger partial charge in [0.25, 0.3) is 11.8 Å². The number of H-pyrrole nitrogens is 2. The number of likely N-dealkylation sites (N-methyl/N-ethyl adjacent to an activating group) is 1. The lowest BCUT2D eigenvalue weighted by atomic mass is 9.87. The number of rotatable bonds is 21. The van der Waals surface area contributed by atoms with Crippen molar-refractivity contribution in [1.29, 1.82) is 0 Å². The van der Waals surface area contributed by atoms with Gasteiger partial charge in [-0.2, -0.15) is 0 Å². The maximum atomic E-state index is 13.8. The van der Waals surface area contributed by atoms with E-state index in [9.17, 15) is 14.7 Å². The van der Waals surface area contributed by atoms with Crippen molar-refractivity contribution >= 4 is 56.9 Å². The molecule has 10 rings (SSSR count). The van der Waals surface area contributed by atoms with E-state index in [1.165, 1.54) is 0 Å². The predicted molar refractivity (Wildman–Crippen MR) is 293 cm³/mol. The third-order valence-electron chi connectivity index (χ3n) is 13.8. The number of aromatic amines is 2. The molecule has 0 aliphatic carbocycles. The van der Waals surface area contributed by atoms with Crippen LogP contribution in [0.25, 0.3) is 44.6 Å². The molecule has 8 aromatic rings. The van der Waals surface area contributed by atoms with Crippen molar-refractivity contribution in [2.45, 2.75) is 20.0 Å². The fourth-order valence-corrected chi connectivity index (χ4v) is 9.12. The SMILES string of the molecule is COCCOCCOc1ccnc(-c2ccnc(Nc3ccc4[nH]c(C(=O)N5CCN(CC(O)C(C)(C)COc6ccnc(-c7ccnc(Nc8ccc9[nH]c(C(=O)N%10CCN(C)CC%10)cc9c8)n7)c6)CC5)cc4c3)n2)c1. The number of ether oxygens (including phenoxy) is 4. The van der Waals surface area contributed by atoms with Crippen LogP contribution in [0, 0.1) is 5.41 Å². The van der Waals surface area contributed by atoms with Gasteiger partial charge in [-0.05, 0) is 79.8 Å². The first kappa shape index (κ1) is 52.4. The Kier molecular flexibility index (Phi) is 16.2. The van der Waals surface area contributed by atoms with Crippen LogP contribution in [-0.2, 0) is 9.47 Å². The van der Waals surface area contributed by atoms with E-state index < -0.39 is 11.5 Å². The highest BCUT2D eigenvalue weighted by atomic mass is 16.5. The van der Waals surface area contributed by atoms with Gasteiger partial charge in [0.2, 0.25) is 11.9 Å². The quantitative estimate of drug-likeness (QED) is 0.0483. The van der Waals surface area contributed by atoms with Gasteiger partial charge in [0.1, 0.15) is 29.5 Å². The summed E-state index contributed by atoms with van der Waals surface area (Å²) in [5.74, 6) is 1.97. The van der Waals surface area contributed by atoms with Gasteiger partial charge in [-0.25, -0.2) is 19.9 Å². The zero-order valence-electron chi connectivity index (χ0n) is 43.7. The molecule has 5 N–H and O–H groups in total. The van der Waals surface area contributed by atoms with Crippen LogP contribution in [0.1, 0.15) is 34.8 Å². The highest BCUT2D eigenvalue weighted by molar-refractivity contribution is 6.00. The Hall–Kier alpha value is -8.08. The molecule has 2 aliphatic heterocycles. The Morgan fingerprint density at radius 1 is 0.610 bits per heavy atom. The van der Waals surface area contributed by atoms with Gasteiger partial charge in [0, 0.05) is 142 Å². The van der Waals surface area contributed by atoms with E-state index in [0.29, 0.717) is 130 Å². The van der Waals surface area contributed by atoms with Gasteiger partial charge < -0.3 is 59.4 Å². The first-order valence-electron chi connectivity index (χ1n) is 25.8. The van der Waals surface area contributed by atoms with Crippen LogP contribution < -0.4 is 20.1 Å². The summed E-state index contributed by atoms with van der Waals surface area (Å²) in [6.45, 7) is 11.9. The van der Waals surface area contributed by atoms with Gasteiger partial charge >= 0.3 is 0 Å². The van der Waals surface area contributed by atoms with Crippen LogP contribution in [0.4, 0.5) is 23.3 Å². The lowest BCUT2D eigenvalue weighted by Gasteiger charge is -2.38. The van der Waals surface area contributed by atoms with Crippen molar-refractivity contribution in [3.8, 4) is 34.3 Å². The van der Waals surface area contributed by atoms with Crippen molar-refractivity contribution < 1.29 is 33.6 Å². The Balaban J connectivity index is 0.683. The number of methoxy groups -OCH3 is 1. The molecule has 0 radical (unpaired) electrons. The van der Waals surface area contributed by atoms with Crippen molar-refractivity contribution in [3.63, 3.8) is 0 Å². The first-order chi connectivity index (χ1) is 37.4. The maximum absolute atomic E-state index is 13.8. The van der Waals surface area contributed by atoms with Gasteiger partial charge in [0.15, 0.2) is 0 Å². The number of carbonyl (C=O) groups excluding carboxylic acids is 2. The average molecular weight is 1050 g/mol. The van der Waals surface area contributed by atoms with Crippen molar-refractivity contribution in [2.24, 2.45) is 5.41 Å². The van der Waals surface area contributed by atoms with Crippen LogP contribution >= 0.6 is 0 Å². The van der Waals surface area contributed by atoms with E-state index in [2.05, 4.69) is 57.4 Å². The number of β-amino-alcohol motifs (C(OH)–C–C–N with tert-alkyl or cyclic N) is 1. The highest BCUT2D eigenvalue weighted by Crippen LogP contribution is 2.29. The number of aliphatic hydroxyl groups is 1. The molecule has 400 valence electrons. The molecule has 21 nitrogen and oxygen atoms in total. The predicted octanol–water partition coefficient (Wildman–Crippen LogP) is 6.49. The molecule has 2 aromatic carbocycles. The van der Waals surface area contributed by atoms with Crippen molar-refractivity contribution in [3.05, 3.63) is 121 Å². The summed E-state index contributed by atoms with van der Waals surface area (Å²) < 4.78 is 22.6.